The van der Waals surface area contributed by atoms with Crippen molar-refractivity contribution in [2.45, 2.75) is 17.5 Å². The van der Waals surface area contributed by atoms with Gasteiger partial charge in [-0.3, -0.25) is 0 Å². The molecule has 0 atom stereocenters. The van der Waals surface area contributed by atoms with Crippen LogP contribution in [0.3, 0.4) is 0 Å². The van der Waals surface area contributed by atoms with Crippen LogP contribution in [0, 0.1) is 0 Å². The average Bonchev–Trinajstić information content (AvgIpc) is 2.49. The van der Waals surface area contributed by atoms with Gasteiger partial charge in [0.2, 0.25) is 0 Å². The lowest BCUT2D eigenvalue weighted by atomic mass is 10.2. The molecule has 0 saturated heterocycles. The summed E-state index contributed by atoms with van der Waals surface area (Å²) >= 11 is 11.5. The van der Waals surface area contributed by atoms with Gasteiger partial charge in [-0.1, -0.05) is 29.8 Å². The fourth-order valence-electron chi connectivity index (χ4n) is 1.73. The first-order valence-electron chi connectivity index (χ1n) is 6.15. The van der Waals surface area contributed by atoms with Crippen LogP contribution in [-0.2, 0) is 22.4 Å². The second kappa shape index (κ2) is 6.75. The van der Waals surface area contributed by atoms with E-state index in [2.05, 4.69) is 4.98 Å². The van der Waals surface area contributed by atoms with Crippen molar-refractivity contribution in [1.82, 2.24) is 9.29 Å². The largest absolute Gasteiger partial charge is 0.260 e. The van der Waals surface area contributed by atoms with E-state index in [4.69, 9.17) is 23.2 Å². The van der Waals surface area contributed by atoms with Crippen molar-refractivity contribution in [2.24, 2.45) is 0 Å². The number of hydrogen-bond acceptors (Lipinski definition) is 3. The standard InChI is InChI=1S/C14H14Cl2N2O2S/c1-18(10-11-2-5-13(16)6-3-11)21(19,20)14-7-4-12(8-15)9-17-14/h2-7,9H,8,10H2,1H3. The van der Waals surface area contributed by atoms with Crippen molar-refractivity contribution >= 4 is 33.2 Å². The van der Waals surface area contributed by atoms with Crippen LogP contribution >= 0.6 is 23.2 Å². The molecule has 1 aromatic heterocycles. The minimum absolute atomic E-state index is 0.00725. The van der Waals surface area contributed by atoms with Crippen molar-refractivity contribution in [3.8, 4) is 0 Å². The summed E-state index contributed by atoms with van der Waals surface area (Å²) in [6.45, 7) is 0.248. The zero-order valence-corrected chi connectivity index (χ0v) is 13.7. The van der Waals surface area contributed by atoms with Gasteiger partial charge in [0.05, 0.1) is 0 Å². The van der Waals surface area contributed by atoms with Crippen LogP contribution < -0.4 is 0 Å². The van der Waals surface area contributed by atoms with E-state index in [-0.39, 0.29) is 11.6 Å². The molecule has 0 fully saturated rings. The van der Waals surface area contributed by atoms with E-state index in [0.29, 0.717) is 10.9 Å². The third kappa shape index (κ3) is 3.95. The Labute approximate surface area is 134 Å². The Bertz CT molecular complexity index is 701. The van der Waals surface area contributed by atoms with Gasteiger partial charge in [-0.15, -0.1) is 11.6 Å². The van der Waals surface area contributed by atoms with E-state index < -0.39 is 10.0 Å². The third-order valence-electron chi connectivity index (χ3n) is 2.95. The van der Waals surface area contributed by atoms with Crippen molar-refractivity contribution < 1.29 is 8.42 Å². The summed E-state index contributed by atoms with van der Waals surface area (Å²) in [6.07, 6.45) is 1.47. The van der Waals surface area contributed by atoms with E-state index in [9.17, 15) is 8.42 Å². The maximum absolute atomic E-state index is 12.4. The second-order valence-corrected chi connectivity index (χ2v) is 7.22. The molecule has 0 spiro atoms. The van der Waals surface area contributed by atoms with E-state index >= 15 is 0 Å². The van der Waals surface area contributed by atoms with E-state index in [1.807, 2.05) is 0 Å². The molecule has 1 aromatic carbocycles. The van der Waals surface area contributed by atoms with Gasteiger partial charge in [0.25, 0.3) is 10.0 Å². The van der Waals surface area contributed by atoms with Crippen molar-refractivity contribution in [3.05, 3.63) is 58.7 Å². The van der Waals surface area contributed by atoms with Gasteiger partial charge in [-0.05, 0) is 29.3 Å². The summed E-state index contributed by atoms with van der Waals surface area (Å²) in [6, 6.07) is 10.2. The fourth-order valence-corrected chi connectivity index (χ4v) is 3.08. The first kappa shape index (κ1) is 16.2. The highest BCUT2D eigenvalue weighted by Crippen LogP contribution is 2.17. The fraction of sp³-hybridized carbons (Fsp3) is 0.214. The highest BCUT2D eigenvalue weighted by molar-refractivity contribution is 7.89. The monoisotopic (exact) mass is 344 g/mol. The quantitative estimate of drug-likeness (QED) is 0.782. The predicted octanol–water partition coefficient (Wildman–Crippen LogP) is 3.29. The minimum atomic E-state index is -3.63. The van der Waals surface area contributed by atoms with Gasteiger partial charge in [-0.25, -0.2) is 13.4 Å². The molecule has 1 heterocycles. The molecule has 2 rings (SSSR count). The molecule has 0 unspecified atom stereocenters. The molecular weight excluding hydrogens is 331 g/mol. The van der Waals surface area contributed by atoms with Gasteiger partial charge in [-0.2, -0.15) is 4.31 Å². The summed E-state index contributed by atoms with van der Waals surface area (Å²) in [7, 11) is -2.11. The number of sulfonamides is 1. The van der Waals surface area contributed by atoms with Crippen molar-refractivity contribution in [3.63, 3.8) is 0 Å². The average molecular weight is 345 g/mol. The Balaban J connectivity index is 2.19. The predicted molar refractivity (Wildman–Crippen MR) is 83.9 cm³/mol. The number of pyridine rings is 1. The lowest BCUT2D eigenvalue weighted by molar-refractivity contribution is 0.464. The highest BCUT2D eigenvalue weighted by atomic mass is 35.5. The van der Waals surface area contributed by atoms with E-state index in [1.54, 1.807) is 30.3 Å². The molecule has 0 saturated carbocycles. The van der Waals surface area contributed by atoms with Gasteiger partial charge in [0.15, 0.2) is 5.03 Å². The Morgan fingerprint density at radius 3 is 2.24 bits per heavy atom. The summed E-state index contributed by atoms with van der Waals surface area (Å²) in [5, 5.41) is 0.621. The summed E-state index contributed by atoms with van der Waals surface area (Å²) < 4.78 is 26.1. The molecule has 0 radical (unpaired) electrons. The van der Waals surface area contributed by atoms with Crippen LogP contribution in [0.15, 0.2) is 47.6 Å². The number of nitrogens with zero attached hydrogens (tertiary/aromatic N) is 2. The summed E-state index contributed by atoms with van der Waals surface area (Å²) in [5.74, 6) is 0.300. The molecule has 2 aromatic rings. The molecule has 7 heteroatoms. The van der Waals surface area contributed by atoms with Crippen LogP contribution in [0.1, 0.15) is 11.1 Å². The molecule has 4 nitrogen and oxygen atoms in total. The maximum Gasteiger partial charge on any atom is 0.260 e. The SMILES string of the molecule is CN(Cc1ccc(Cl)cc1)S(=O)(=O)c1ccc(CCl)cn1. The first-order valence-corrected chi connectivity index (χ1v) is 8.50. The molecule has 0 aliphatic heterocycles. The Morgan fingerprint density at radius 2 is 1.71 bits per heavy atom. The van der Waals surface area contributed by atoms with E-state index in [1.165, 1.54) is 23.6 Å². The van der Waals surface area contributed by atoms with E-state index in [0.717, 1.165) is 11.1 Å². The Kier molecular flexibility index (Phi) is 5.22. The Hall–Kier alpha value is -1.14. The van der Waals surface area contributed by atoms with Crippen LogP contribution in [0.4, 0.5) is 0 Å². The zero-order valence-electron chi connectivity index (χ0n) is 11.3. The lowest BCUT2D eigenvalue weighted by Crippen LogP contribution is -2.27. The van der Waals surface area contributed by atoms with Gasteiger partial charge < -0.3 is 0 Å². The molecule has 0 N–H and O–H groups in total. The molecule has 0 bridgehead atoms. The van der Waals surface area contributed by atoms with Crippen LogP contribution in [0.5, 0.6) is 0 Å². The molecule has 0 aliphatic rings. The number of halogens is 2. The number of alkyl halides is 1. The summed E-state index contributed by atoms with van der Waals surface area (Å²) in [5.41, 5.74) is 1.62. The van der Waals surface area contributed by atoms with Gasteiger partial charge in [0.1, 0.15) is 0 Å². The van der Waals surface area contributed by atoms with Crippen LogP contribution in [0.2, 0.25) is 5.02 Å². The molecule has 0 aliphatic carbocycles. The van der Waals surface area contributed by atoms with Crippen molar-refractivity contribution in [2.75, 3.05) is 7.05 Å². The van der Waals surface area contributed by atoms with Crippen LogP contribution in [-0.4, -0.2) is 24.8 Å². The third-order valence-corrected chi connectivity index (χ3v) is 5.23. The molecule has 0 amide bonds. The number of rotatable bonds is 5. The van der Waals surface area contributed by atoms with Gasteiger partial charge in [0, 0.05) is 30.7 Å². The first-order chi connectivity index (χ1) is 9.93. The van der Waals surface area contributed by atoms with Crippen molar-refractivity contribution in [1.29, 1.82) is 0 Å². The highest BCUT2D eigenvalue weighted by Gasteiger charge is 2.22. The molecule has 112 valence electrons. The number of aromatic nitrogens is 1. The van der Waals surface area contributed by atoms with Crippen LogP contribution in [0.25, 0.3) is 0 Å². The topological polar surface area (TPSA) is 50.3 Å². The number of hydrogen-bond donors (Lipinski definition) is 0. The molecule has 21 heavy (non-hydrogen) atoms. The second-order valence-electron chi connectivity index (χ2n) is 4.53. The molecular formula is C14H14Cl2N2O2S. The minimum Gasteiger partial charge on any atom is -0.243 e. The number of benzene rings is 1. The van der Waals surface area contributed by atoms with Gasteiger partial charge >= 0.3 is 0 Å². The Morgan fingerprint density at radius 1 is 1.10 bits per heavy atom. The lowest BCUT2D eigenvalue weighted by Gasteiger charge is -2.16. The normalized spacial score (nSPS) is 11.8. The smallest absolute Gasteiger partial charge is 0.243 e. The zero-order chi connectivity index (χ0) is 15.5. The summed E-state index contributed by atoms with van der Waals surface area (Å²) in [4.78, 5) is 3.96. The maximum atomic E-state index is 12.4.